The van der Waals surface area contributed by atoms with Crippen molar-refractivity contribution in [2.45, 2.75) is 54.1 Å². The second kappa shape index (κ2) is 10.4. The Balaban J connectivity index is 6.04. The molecule has 0 aromatic rings. The maximum absolute atomic E-state index is 13.8. The van der Waals surface area contributed by atoms with Gasteiger partial charge in [-0.1, -0.05) is 0 Å². The first-order valence-corrected chi connectivity index (χ1v) is 11.5. The van der Waals surface area contributed by atoms with E-state index in [0.717, 1.165) is 0 Å². The van der Waals surface area contributed by atoms with Crippen molar-refractivity contribution in [2.75, 3.05) is 47.6 Å². The first kappa shape index (κ1) is 36.9. The third-order valence-corrected chi connectivity index (χ3v) is 5.92. The number of likely N-dealkylation sites (N-methyl/N-ethyl adjacent to an activating group) is 1. The number of quaternary nitrogens is 1. The lowest BCUT2D eigenvalue weighted by Crippen LogP contribution is -2.74. The second-order valence-corrected chi connectivity index (χ2v) is 10.9. The van der Waals surface area contributed by atoms with Crippen molar-refractivity contribution in [3.05, 3.63) is 0 Å². The topological polar surface area (TPSA) is 35.5 Å². The lowest BCUT2D eigenvalue weighted by atomic mass is 9.88. The van der Waals surface area contributed by atoms with E-state index in [9.17, 15) is 79.2 Å². The van der Waals surface area contributed by atoms with Crippen LogP contribution in [0.5, 0.6) is 0 Å². The Morgan fingerprint density at radius 2 is 0.868 bits per heavy atom. The lowest BCUT2D eigenvalue weighted by molar-refractivity contribution is -0.870. The zero-order valence-corrected chi connectivity index (χ0v) is 20.3. The van der Waals surface area contributed by atoms with E-state index in [1.54, 1.807) is 21.1 Å². The van der Waals surface area contributed by atoms with Crippen molar-refractivity contribution in [3.63, 3.8) is 0 Å². The molecule has 0 saturated carbocycles. The van der Waals surface area contributed by atoms with E-state index in [1.165, 1.54) is 0 Å². The van der Waals surface area contributed by atoms with Gasteiger partial charge in [-0.25, -0.2) is 0 Å². The summed E-state index contributed by atoms with van der Waals surface area (Å²) >= 11 is 0. The molecule has 22 heteroatoms. The molecule has 0 aliphatic carbocycles. The van der Waals surface area contributed by atoms with Gasteiger partial charge in [0.15, 0.2) is 0 Å². The third kappa shape index (κ3) is 6.62. The monoisotopic (exact) mass is 628 g/mol. The molecule has 230 valence electrons. The maximum Gasteiger partial charge on any atom is 0.460 e. The van der Waals surface area contributed by atoms with Gasteiger partial charge in [-0.3, -0.25) is 4.57 Å². The highest BCUT2D eigenvalue weighted by Crippen LogP contribution is 2.64. The molecule has 0 saturated heterocycles. The standard InChI is InChI=1S/C16H20F17NO3P/c1-34(2,3)6-8-37-38(4,35)36-7-5-9(17,18)10(19,20)11(21,22)12(23,24)13(25,26)14(27,28)15(29,30)16(31,32)33/h5-8H2,1-4H3/q+1. The van der Waals surface area contributed by atoms with Gasteiger partial charge in [-0.05, 0) is 0 Å². The van der Waals surface area contributed by atoms with Crippen LogP contribution in [0.4, 0.5) is 74.6 Å². The highest BCUT2D eigenvalue weighted by molar-refractivity contribution is 7.52. The van der Waals surface area contributed by atoms with Crippen LogP contribution >= 0.6 is 7.60 Å². The van der Waals surface area contributed by atoms with Crippen molar-refractivity contribution in [1.29, 1.82) is 0 Å². The molecule has 0 fully saturated rings. The van der Waals surface area contributed by atoms with Crippen LogP contribution in [0.1, 0.15) is 6.42 Å². The Labute approximate surface area is 203 Å². The molecule has 0 heterocycles. The molecule has 0 bridgehead atoms. The molecular weight excluding hydrogens is 608 g/mol. The van der Waals surface area contributed by atoms with Crippen LogP contribution in [0.2, 0.25) is 0 Å². The summed E-state index contributed by atoms with van der Waals surface area (Å²) in [7, 11) is 0.365. The largest absolute Gasteiger partial charge is 0.460 e. The van der Waals surface area contributed by atoms with Gasteiger partial charge >= 0.3 is 55.2 Å². The molecule has 38 heavy (non-hydrogen) atoms. The van der Waals surface area contributed by atoms with Crippen molar-refractivity contribution >= 4 is 7.60 Å². The van der Waals surface area contributed by atoms with Crippen LogP contribution in [0.3, 0.4) is 0 Å². The zero-order valence-electron chi connectivity index (χ0n) is 19.4. The highest BCUT2D eigenvalue weighted by Gasteiger charge is 2.95. The van der Waals surface area contributed by atoms with Gasteiger partial charge in [0.05, 0.1) is 27.7 Å². The molecule has 0 aromatic heterocycles. The quantitative estimate of drug-likeness (QED) is 0.119. The van der Waals surface area contributed by atoms with E-state index < -0.39 is 74.9 Å². The normalized spacial score (nSPS) is 17.5. The summed E-state index contributed by atoms with van der Waals surface area (Å²) in [5.41, 5.74) is 0. The first-order chi connectivity index (χ1) is 16.2. The van der Waals surface area contributed by atoms with E-state index in [4.69, 9.17) is 0 Å². The molecule has 1 atom stereocenters. The van der Waals surface area contributed by atoms with Crippen LogP contribution in [-0.2, 0) is 13.6 Å². The SMILES string of the molecule is C[N+](C)(C)CCOP(C)(=O)OCCC(F)(F)C(F)(F)C(F)(F)C(F)(F)C(F)(F)C(F)(F)C(F)(F)C(F)(F)F. The second-order valence-electron chi connectivity index (χ2n) is 8.85. The molecule has 0 N–H and O–H groups in total. The van der Waals surface area contributed by atoms with Crippen molar-refractivity contribution in [3.8, 4) is 0 Å². The van der Waals surface area contributed by atoms with Gasteiger partial charge in [0.1, 0.15) is 13.2 Å². The van der Waals surface area contributed by atoms with E-state index >= 15 is 0 Å². The Bertz CT molecular complexity index is 866. The summed E-state index contributed by atoms with van der Waals surface area (Å²) in [5.74, 6) is -56.9. The summed E-state index contributed by atoms with van der Waals surface area (Å²) in [5, 5.41) is 0. The molecular formula is C16H20F17NO3P+. The minimum Gasteiger partial charge on any atom is -0.329 e. The fraction of sp³-hybridized carbons (Fsp3) is 1.00. The molecule has 0 radical (unpaired) electrons. The Kier molecular flexibility index (Phi) is 10.1. The van der Waals surface area contributed by atoms with Gasteiger partial charge in [0.25, 0.3) is 0 Å². The Hall–Kier alpha value is -1.08. The molecule has 0 amide bonds. The molecule has 1 unspecified atom stereocenters. The number of rotatable bonds is 14. The van der Waals surface area contributed by atoms with E-state index in [1.807, 2.05) is 0 Å². The number of halogens is 17. The molecule has 0 spiro atoms. The highest BCUT2D eigenvalue weighted by atomic mass is 31.2. The summed E-state index contributed by atoms with van der Waals surface area (Å²) in [4.78, 5) is 0. The third-order valence-electron chi connectivity index (χ3n) is 4.62. The average Bonchev–Trinajstić information content (AvgIpc) is 2.64. The van der Waals surface area contributed by atoms with Crippen molar-refractivity contribution in [1.82, 2.24) is 0 Å². The number of hydrogen-bond acceptors (Lipinski definition) is 3. The van der Waals surface area contributed by atoms with E-state index in [2.05, 4.69) is 9.05 Å². The van der Waals surface area contributed by atoms with Crippen LogP contribution < -0.4 is 0 Å². The Morgan fingerprint density at radius 1 is 0.553 bits per heavy atom. The molecule has 0 aromatic carbocycles. The molecule has 0 rings (SSSR count). The first-order valence-electron chi connectivity index (χ1n) is 9.55. The maximum atomic E-state index is 13.8. The van der Waals surface area contributed by atoms with Gasteiger partial charge in [0, 0.05) is 13.1 Å². The molecule has 0 aliphatic rings. The Morgan fingerprint density at radius 3 is 1.21 bits per heavy atom. The molecule has 0 aliphatic heterocycles. The van der Waals surface area contributed by atoms with Crippen molar-refractivity contribution < 1.29 is 92.7 Å². The van der Waals surface area contributed by atoms with Gasteiger partial charge in [0.2, 0.25) is 0 Å². The fourth-order valence-electron chi connectivity index (χ4n) is 2.21. The van der Waals surface area contributed by atoms with E-state index in [0.29, 0.717) is 6.66 Å². The minimum absolute atomic E-state index is 0.0863. The predicted octanol–water partition coefficient (Wildman–Crippen LogP) is 6.95. The smallest absolute Gasteiger partial charge is 0.329 e. The van der Waals surface area contributed by atoms with Crippen LogP contribution in [-0.4, -0.2) is 99.7 Å². The van der Waals surface area contributed by atoms with Crippen LogP contribution in [0.25, 0.3) is 0 Å². The van der Waals surface area contributed by atoms with Gasteiger partial charge in [-0.2, -0.15) is 74.6 Å². The van der Waals surface area contributed by atoms with Gasteiger partial charge < -0.3 is 13.5 Å². The van der Waals surface area contributed by atoms with Crippen molar-refractivity contribution in [2.24, 2.45) is 0 Å². The summed E-state index contributed by atoms with van der Waals surface area (Å²) in [6, 6.07) is 0. The summed E-state index contributed by atoms with van der Waals surface area (Å²) in [6.07, 6.45) is -10.7. The van der Waals surface area contributed by atoms with Gasteiger partial charge in [-0.15, -0.1) is 0 Å². The summed E-state index contributed by atoms with van der Waals surface area (Å²) in [6.45, 7) is -1.75. The number of hydrogen-bond donors (Lipinski definition) is 0. The lowest BCUT2D eigenvalue weighted by Gasteiger charge is -2.42. The summed E-state index contributed by atoms with van der Waals surface area (Å²) < 4.78 is 245. The molecule has 4 nitrogen and oxygen atoms in total. The van der Waals surface area contributed by atoms with E-state index in [-0.39, 0.29) is 11.0 Å². The average molecular weight is 628 g/mol. The van der Waals surface area contributed by atoms with Crippen LogP contribution in [0.15, 0.2) is 0 Å². The zero-order chi connectivity index (χ0) is 31.2. The number of alkyl halides is 17. The minimum atomic E-state index is -8.68. The van der Waals surface area contributed by atoms with Crippen LogP contribution in [0, 0.1) is 0 Å². The predicted molar refractivity (Wildman–Crippen MR) is 93.6 cm³/mol. The number of nitrogens with zero attached hydrogens (tertiary/aromatic N) is 1. The fourth-order valence-corrected chi connectivity index (χ4v) is 3.12.